The van der Waals surface area contributed by atoms with Gasteiger partial charge in [-0.3, -0.25) is 9.20 Å². The molecule has 1 fully saturated rings. The molecule has 0 saturated carbocycles. The fourth-order valence-electron chi connectivity index (χ4n) is 3.02. The van der Waals surface area contributed by atoms with E-state index in [-0.39, 0.29) is 11.8 Å². The molecule has 1 unspecified atom stereocenters. The van der Waals surface area contributed by atoms with Crippen LogP contribution in [0.4, 0.5) is 0 Å². The summed E-state index contributed by atoms with van der Waals surface area (Å²) < 4.78 is 7.01. The first-order valence-electron chi connectivity index (χ1n) is 7.68. The van der Waals surface area contributed by atoms with E-state index < -0.39 is 0 Å². The molecule has 4 heterocycles. The largest absolute Gasteiger partial charge is 0.342 e. The Kier molecular flexibility index (Phi) is 3.60. The number of nitrogens with zero attached hydrogens (tertiary/aromatic N) is 5. The van der Waals surface area contributed by atoms with Crippen molar-refractivity contribution >= 4 is 22.2 Å². The zero-order valence-corrected chi connectivity index (χ0v) is 13.6. The number of hydrogen-bond donors (Lipinski definition) is 0. The summed E-state index contributed by atoms with van der Waals surface area (Å²) in [6.45, 7) is 3.22. The maximum Gasteiger partial charge on any atom is 0.228 e. The molecular formula is C15H17N5O2S. The average molecular weight is 331 g/mol. The van der Waals surface area contributed by atoms with Gasteiger partial charge in [-0.1, -0.05) is 5.16 Å². The molecule has 1 aliphatic rings. The Bertz CT molecular complexity index is 807. The van der Waals surface area contributed by atoms with E-state index in [4.69, 9.17) is 4.52 Å². The van der Waals surface area contributed by atoms with E-state index in [0.29, 0.717) is 24.7 Å². The Morgan fingerprint density at radius 2 is 2.39 bits per heavy atom. The second kappa shape index (κ2) is 5.77. The molecule has 0 aliphatic carbocycles. The van der Waals surface area contributed by atoms with Gasteiger partial charge in [0.05, 0.1) is 12.1 Å². The van der Waals surface area contributed by atoms with Gasteiger partial charge in [0.2, 0.25) is 11.8 Å². The van der Waals surface area contributed by atoms with Gasteiger partial charge in [-0.25, -0.2) is 4.98 Å². The van der Waals surface area contributed by atoms with Crippen LogP contribution < -0.4 is 0 Å². The fraction of sp³-hybridized carbons (Fsp3) is 0.467. The summed E-state index contributed by atoms with van der Waals surface area (Å²) in [7, 11) is 0. The second-order valence-electron chi connectivity index (χ2n) is 5.85. The quantitative estimate of drug-likeness (QED) is 0.734. The predicted octanol–water partition coefficient (Wildman–Crippen LogP) is 2.04. The molecule has 3 aromatic heterocycles. The molecule has 1 amide bonds. The molecule has 0 radical (unpaired) electrons. The smallest absolute Gasteiger partial charge is 0.228 e. The summed E-state index contributed by atoms with van der Waals surface area (Å²) in [5.74, 6) is 1.56. The summed E-state index contributed by atoms with van der Waals surface area (Å²) in [6, 6.07) is 0. The lowest BCUT2D eigenvalue weighted by molar-refractivity contribution is -0.131. The number of imidazole rings is 1. The lowest BCUT2D eigenvalue weighted by atomic mass is 9.97. The lowest BCUT2D eigenvalue weighted by Gasteiger charge is -2.31. The molecular weight excluding hydrogens is 314 g/mol. The van der Waals surface area contributed by atoms with Gasteiger partial charge in [0, 0.05) is 43.7 Å². The van der Waals surface area contributed by atoms with Crippen LogP contribution in [0.25, 0.3) is 4.96 Å². The minimum atomic E-state index is 0.112. The molecule has 23 heavy (non-hydrogen) atoms. The number of aromatic nitrogens is 4. The highest BCUT2D eigenvalue weighted by Crippen LogP contribution is 2.25. The molecule has 1 aliphatic heterocycles. The van der Waals surface area contributed by atoms with Gasteiger partial charge in [0.25, 0.3) is 0 Å². The van der Waals surface area contributed by atoms with Crippen molar-refractivity contribution in [3.05, 3.63) is 35.2 Å². The van der Waals surface area contributed by atoms with Crippen LogP contribution >= 0.6 is 11.3 Å². The number of hydrogen-bond acceptors (Lipinski definition) is 6. The van der Waals surface area contributed by atoms with Crippen molar-refractivity contribution in [3.63, 3.8) is 0 Å². The maximum absolute atomic E-state index is 12.6. The van der Waals surface area contributed by atoms with E-state index in [1.165, 1.54) is 0 Å². The molecule has 3 aromatic rings. The topological polar surface area (TPSA) is 76.5 Å². The average Bonchev–Trinajstić information content (AvgIpc) is 3.23. The molecule has 0 bridgehead atoms. The van der Waals surface area contributed by atoms with Crippen molar-refractivity contribution in [3.8, 4) is 0 Å². The third-order valence-electron chi connectivity index (χ3n) is 4.16. The van der Waals surface area contributed by atoms with Crippen molar-refractivity contribution in [2.24, 2.45) is 0 Å². The minimum absolute atomic E-state index is 0.112. The standard InChI is InChI=1S/C15H17N5O2S/c1-10-16-14(18-22-10)11-3-2-4-19(8-11)13(21)7-12-9-20-5-6-23-15(20)17-12/h5-6,9,11H,2-4,7-8H2,1H3. The van der Waals surface area contributed by atoms with Crippen LogP contribution in [0.3, 0.4) is 0 Å². The fourth-order valence-corrected chi connectivity index (χ4v) is 3.74. The number of carbonyl (C=O) groups excluding carboxylic acids is 1. The van der Waals surface area contributed by atoms with E-state index >= 15 is 0 Å². The number of piperidine rings is 1. The summed E-state index contributed by atoms with van der Waals surface area (Å²) >= 11 is 1.57. The third-order valence-corrected chi connectivity index (χ3v) is 4.93. The first-order valence-corrected chi connectivity index (χ1v) is 8.56. The van der Waals surface area contributed by atoms with E-state index in [1.54, 1.807) is 18.3 Å². The van der Waals surface area contributed by atoms with Crippen LogP contribution in [0.15, 0.2) is 22.3 Å². The minimum Gasteiger partial charge on any atom is -0.342 e. The van der Waals surface area contributed by atoms with Gasteiger partial charge in [0.1, 0.15) is 0 Å². The molecule has 8 heteroatoms. The second-order valence-corrected chi connectivity index (χ2v) is 6.73. The number of carbonyl (C=O) groups is 1. The monoisotopic (exact) mass is 331 g/mol. The Balaban J connectivity index is 1.44. The Morgan fingerprint density at radius 1 is 1.48 bits per heavy atom. The number of thiazole rings is 1. The predicted molar refractivity (Wildman–Crippen MR) is 84.4 cm³/mol. The summed E-state index contributed by atoms with van der Waals surface area (Å²) in [6.07, 6.45) is 6.17. The van der Waals surface area contributed by atoms with Crippen LogP contribution in [0.1, 0.15) is 36.2 Å². The SMILES string of the molecule is Cc1nc(C2CCCN(C(=O)Cc3cn4ccsc4n3)C2)no1. The molecule has 120 valence electrons. The van der Waals surface area contributed by atoms with Crippen LogP contribution in [-0.2, 0) is 11.2 Å². The van der Waals surface area contributed by atoms with Crippen LogP contribution in [0, 0.1) is 6.92 Å². The normalized spacial score (nSPS) is 18.7. The molecule has 1 saturated heterocycles. The van der Waals surface area contributed by atoms with Crippen molar-refractivity contribution in [2.75, 3.05) is 13.1 Å². The van der Waals surface area contributed by atoms with Crippen LogP contribution in [-0.4, -0.2) is 43.4 Å². The van der Waals surface area contributed by atoms with Crippen molar-refractivity contribution in [1.29, 1.82) is 0 Å². The summed E-state index contributed by atoms with van der Waals surface area (Å²) in [5, 5.41) is 5.98. The van der Waals surface area contributed by atoms with Crippen molar-refractivity contribution in [2.45, 2.75) is 32.1 Å². The van der Waals surface area contributed by atoms with Gasteiger partial charge in [-0.05, 0) is 12.8 Å². The van der Waals surface area contributed by atoms with Gasteiger partial charge >= 0.3 is 0 Å². The first kappa shape index (κ1) is 14.4. The Hall–Kier alpha value is -2.22. The van der Waals surface area contributed by atoms with Crippen molar-refractivity contribution in [1.82, 2.24) is 24.4 Å². The van der Waals surface area contributed by atoms with Gasteiger partial charge in [0.15, 0.2) is 10.8 Å². The summed E-state index contributed by atoms with van der Waals surface area (Å²) in [4.78, 5) is 24.2. The molecule has 0 aromatic carbocycles. The van der Waals surface area contributed by atoms with Crippen LogP contribution in [0.5, 0.6) is 0 Å². The van der Waals surface area contributed by atoms with E-state index in [9.17, 15) is 4.79 Å². The Morgan fingerprint density at radius 3 is 3.17 bits per heavy atom. The number of fused-ring (bicyclic) bond motifs is 1. The highest BCUT2D eigenvalue weighted by Gasteiger charge is 2.28. The molecule has 0 N–H and O–H groups in total. The van der Waals surface area contributed by atoms with E-state index in [1.807, 2.05) is 27.1 Å². The maximum atomic E-state index is 12.6. The van der Waals surface area contributed by atoms with Gasteiger partial charge < -0.3 is 9.42 Å². The lowest BCUT2D eigenvalue weighted by Crippen LogP contribution is -2.40. The van der Waals surface area contributed by atoms with Gasteiger partial charge in [-0.15, -0.1) is 11.3 Å². The molecule has 7 nitrogen and oxygen atoms in total. The number of rotatable bonds is 3. The number of likely N-dealkylation sites (tertiary alicyclic amines) is 1. The number of amides is 1. The van der Waals surface area contributed by atoms with E-state index in [0.717, 1.165) is 30.0 Å². The third kappa shape index (κ3) is 2.86. The Labute approximate surface area is 136 Å². The molecule has 4 rings (SSSR count). The van der Waals surface area contributed by atoms with Gasteiger partial charge in [-0.2, -0.15) is 4.98 Å². The number of aryl methyl sites for hydroxylation is 1. The highest BCUT2D eigenvalue weighted by atomic mass is 32.1. The molecule has 1 atom stereocenters. The van der Waals surface area contributed by atoms with E-state index in [2.05, 4.69) is 15.1 Å². The van der Waals surface area contributed by atoms with Crippen molar-refractivity contribution < 1.29 is 9.32 Å². The first-order chi connectivity index (χ1) is 11.2. The zero-order chi connectivity index (χ0) is 15.8. The zero-order valence-electron chi connectivity index (χ0n) is 12.8. The molecule has 0 spiro atoms. The van der Waals surface area contributed by atoms with Crippen LogP contribution in [0.2, 0.25) is 0 Å². The summed E-state index contributed by atoms with van der Waals surface area (Å²) in [5.41, 5.74) is 0.819. The highest BCUT2D eigenvalue weighted by molar-refractivity contribution is 7.15.